The van der Waals surface area contributed by atoms with Crippen molar-refractivity contribution < 1.29 is 0 Å². The Balaban J connectivity index is 2.44. The second kappa shape index (κ2) is 3.60. The molecule has 2 heteroatoms. The van der Waals surface area contributed by atoms with Crippen molar-refractivity contribution in [3.63, 3.8) is 0 Å². The van der Waals surface area contributed by atoms with E-state index >= 15 is 0 Å². The summed E-state index contributed by atoms with van der Waals surface area (Å²) in [5.74, 6) is 0. The van der Waals surface area contributed by atoms with Gasteiger partial charge in [-0.25, -0.2) is 0 Å². The monoisotopic (exact) mass is 306 g/mol. The minimum Gasteiger partial charge on any atom is -0.0843 e. The molecule has 0 saturated heterocycles. The summed E-state index contributed by atoms with van der Waals surface area (Å²) >= 11 is 9.81. The van der Waals surface area contributed by atoms with Crippen LogP contribution >= 0.6 is 27.5 Å². The van der Waals surface area contributed by atoms with Gasteiger partial charge in [0, 0.05) is 14.9 Å². The first-order chi connectivity index (χ1) is 8.01. The van der Waals surface area contributed by atoms with Crippen LogP contribution in [0.2, 0.25) is 5.02 Å². The average molecular weight is 308 g/mol. The normalized spacial score (nSPS) is 15.5. The summed E-state index contributed by atoms with van der Waals surface area (Å²) in [7, 11) is 0. The van der Waals surface area contributed by atoms with Crippen LogP contribution in [0.15, 0.2) is 40.9 Å². The third kappa shape index (κ3) is 1.49. The topological polar surface area (TPSA) is 0 Å². The van der Waals surface area contributed by atoms with Crippen LogP contribution in [0.3, 0.4) is 0 Å². The van der Waals surface area contributed by atoms with Crippen LogP contribution in [-0.4, -0.2) is 0 Å². The first kappa shape index (κ1) is 11.3. The lowest BCUT2D eigenvalue weighted by molar-refractivity contribution is 0.657. The van der Waals surface area contributed by atoms with E-state index in [1.54, 1.807) is 0 Å². The molecule has 1 aliphatic carbocycles. The van der Waals surface area contributed by atoms with E-state index in [0.717, 1.165) is 9.50 Å². The smallest absolute Gasteiger partial charge is 0.0423 e. The van der Waals surface area contributed by atoms with E-state index in [9.17, 15) is 0 Å². The van der Waals surface area contributed by atoms with Crippen LogP contribution in [0, 0.1) is 0 Å². The Morgan fingerprint density at radius 2 is 1.76 bits per heavy atom. The van der Waals surface area contributed by atoms with Crippen LogP contribution in [0.5, 0.6) is 0 Å². The van der Waals surface area contributed by atoms with Gasteiger partial charge in [0.05, 0.1) is 0 Å². The fourth-order valence-corrected chi connectivity index (χ4v) is 4.12. The number of hydrogen-bond donors (Lipinski definition) is 0. The van der Waals surface area contributed by atoms with E-state index in [1.165, 1.54) is 22.3 Å². The molecule has 0 amide bonds. The molecule has 0 spiro atoms. The van der Waals surface area contributed by atoms with Crippen LogP contribution in [-0.2, 0) is 5.41 Å². The molecule has 0 radical (unpaired) electrons. The highest BCUT2D eigenvalue weighted by Crippen LogP contribution is 2.51. The predicted molar refractivity (Wildman–Crippen MR) is 76.7 cm³/mol. The van der Waals surface area contributed by atoms with Crippen molar-refractivity contribution in [3.8, 4) is 11.1 Å². The fourth-order valence-electron chi connectivity index (χ4n) is 2.82. The summed E-state index contributed by atoms with van der Waals surface area (Å²) in [6.07, 6.45) is 0. The molecule has 0 N–H and O–H groups in total. The van der Waals surface area contributed by atoms with Gasteiger partial charge in [-0.05, 0) is 34.4 Å². The van der Waals surface area contributed by atoms with Crippen molar-refractivity contribution >= 4 is 27.5 Å². The van der Waals surface area contributed by atoms with Crippen LogP contribution in [0.4, 0.5) is 0 Å². The van der Waals surface area contributed by atoms with Crippen molar-refractivity contribution in [1.29, 1.82) is 0 Å². The minimum atomic E-state index is 0.0371. The molecule has 0 unspecified atom stereocenters. The lowest BCUT2D eigenvalue weighted by Crippen LogP contribution is -2.15. The molecule has 3 rings (SSSR count). The van der Waals surface area contributed by atoms with Crippen molar-refractivity contribution in [2.24, 2.45) is 0 Å². The first-order valence-corrected chi connectivity index (χ1v) is 6.78. The third-order valence-electron chi connectivity index (χ3n) is 3.57. The molecule has 86 valence electrons. The van der Waals surface area contributed by atoms with Gasteiger partial charge in [0.15, 0.2) is 0 Å². The highest BCUT2D eigenvalue weighted by atomic mass is 79.9. The van der Waals surface area contributed by atoms with Gasteiger partial charge in [-0.15, -0.1) is 0 Å². The summed E-state index contributed by atoms with van der Waals surface area (Å²) < 4.78 is 1.10. The number of benzene rings is 2. The summed E-state index contributed by atoms with van der Waals surface area (Å²) in [5.41, 5.74) is 5.30. The van der Waals surface area contributed by atoms with Crippen molar-refractivity contribution in [1.82, 2.24) is 0 Å². The molecule has 0 aromatic heterocycles. The zero-order valence-corrected chi connectivity index (χ0v) is 12.1. The Morgan fingerprint density at radius 3 is 2.53 bits per heavy atom. The number of rotatable bonds is 0. The predicted octanol–water partition coefficient (Wildman–Crippen LogP) is 5.41. The van der Waals surface area contributed by atoms with E-state index in [0.29, 0.717) is 0 Å². The van der Waals surface area contributed by atoms with Gasteiger partial charge in [-0.3, -0.25) is 0 Å². The molecule has 1 aliphatic rings. The summed E-state index contributed by atoms with van der Waals surface area (Å²) in [4.78, 5) is 0. The molecule has 17 heavy (non-hydrogen) atoms. The summed E-state index contributed by atoms with van der Waals surface area (Å²) in [6, 6.07) is 12.6. The molecule has 0 bridgehead atoms. The molecule has 2 aromatic rings. The summed E-state index contributed by atoms with van der Waals surface area (Å²) in [5, 5.41) is 0.781. The van der Waals surface area contributed by atoms with Crippen LogP contribution in [0.25, 0.3) is 11.1 Å². The number of fused-ring (bicyclic) bond motifs is 3. The van der Waals surface area contributed by atoms with Gasteiger partial charge in [-0.2, -0.15) is 0 Å². The molecular weight excluding hydrogens is 296 g/mol. The Bertz CT molecular complexity index is 614. The molecule has 0 atom stereocenters. The fraction of sp³-hybridized carbons (Fsp3) is 0.200. The van der Waals surface area contributed by atoms with E-state index in [-0.39, 0.29) is 5.41 Å². The van der Waals surface area contributed by atoms with E-state index in [4.69, 9.17) is 11.6 Å². The lowest BCUT2D eigenvalue weighted by Gasteiger charge is -2.22. The maximum Gasteiger partial charge on any atom is 0.0423 e. The molecule has 0 heterocycles. The van der Waals surface area contributed by atoms with Gasteiger partial charge in [0.25, 0.3) is 0 Å². The van der Waals surface area contributed by atoms with Crippen LogP contribution in [0.1, 0.15) is 25.0 Å². The van der Waals surface area contributed by atoms with E-state index in [1.807, 2.05) is 6.07 Å². The summed E-state index contributed by atoms with van der Waals surface area (Å²) in [6.45, 7) is 4.52. The Labute approximate surface area is 115 Å². The molecule has 0 aliphatic heterocycles. The largest absolute Gasteiger partial charge is 0.0843 e. The third-order valence-corrected chi connectivity index (χ3v) is 4.41. The molecule has 0 fully saturated rings. The second-order valence-electron chi connectivity index (χ2n) is 4.98. The Morgan fingerprint density at radius 1 is 1.06 bits per heavy atom. The molecular formula is C15H12BrCl. The quantitative estimate of drug-likeness (QED) is 0.610. The Hall–Kier alpha value is -0.790. The van der Waals surface area contributed by atoms with Gasteiger partial charge in [-0.1, -0.05) is 65.6 Å². The average Bonchev–Trinajstić information content (AvgIpc) is 2.49. The zero-order chi connectivity index (χ0) is 12.2. The second-order valence-corrected chi connectivity index (χ2v) is 6.27. The van der Waals surface area contributed by atoms with Crippen molar-refractivity contribution in [3.05, 3.63) is 57.0 Å². The van der Waals surface area contributed by atoms with Crippen molar-refractivity contribution in [2.75, 3.05) is 0 Å². The highest BCUT2D eigenvalue weighted by molar-refractivity contribution is 9.10. The Kier molecular flexibility index (Phi) is 2.39. The first-order valence-electron chi connectivity index (χ1n) is 5.61. The van der Waals surface area contributed by atoms with E-state index in [2.05, 4.69) is 60.1 Å². The van der Waals surface area contributed by atoms with E-state index < -0.39 is 0 Å². The standard InChI is InChI=1S/C15H12BrCl/c1-15(2)12-6-4-3-5-10(12)11-7-9(17)8-13(16)14(11)15/h3-8H,1-2H3. The molecule has 0 saturated carbocycles. The highest BCUT2D eigenvalue weighted by Gasteiger charge is 2.36. The molecule has 0 nitrogen and oxygen atoms in total. The maximum absolute atomic E-state index is 6.16. The van der Waals surface area contributed by atoms with Gasteiger partial charge in [0.2, 0.25) is 0 Å². The maximum atomic E-state index is 6.16. The van der Waals surface area contributed by atoms with Crippen molar-refractivity contribution in [2.45, 2.75) is 19.3 Å². The zero-order valence-electron chi connectivity index (χ0n) is 9.72. The minimum absolute atomic E-state index is 0.0371. The number of hydrogen-bond acceptors (Lipinski definition) is 0. The van der Waals surface area contributed by atoms with Gasteiger partial charge in [0.1, 0.15) is 0 Å². The lowest BCUT2D eigenvalue weighted by atomic mass is 9.82. The molecule has 2 aromatic carbocycles. The van der Waals surface area contributed by atoms with Gasteiger partial charge < -0.3 is 0 Å². The SMILES string of the molecule is CC1(C)c2ccccc2-c2cc(Cl)cc(Br)c21. The number of halogens is 2. The van der Waals surface area contributed by atoms with Crippen LogP contribution < -0.4 is 0 Å². The van der Waals surface area contributed by atoms with Gasteiger partial charge >= 0.3 is 0 Å².